The number of nitrogens with zero attached hydrogens (tertiary/aromatic N) is 3. The molecule has 1 aliphatic heterocycles. The third-order valence-corrected chi connectivity index (χ3v) is 7.52. The molecule has 0 aromatic carbocycles. The van der Waals surface area contributed by atoms with Crippen LogP contribution in [0.4, 0.5) is 17.6 Å². The molecule has 4 fully saturated rings. The predicted octanol–water partition coefficient (Wildman–Crippen LogP) is 3.41. The van der Waals surface area contributed by atoms with Crippen molar-refractivity contribution >= 4 is 23.2 Å². The highest BCUT2D eigenvalue weighted by Crippen LogP contribution is 2.56. The Morgan fingerprint density at radius 3 is 2.65 bits per heavy atom. The molecule has 0 saturated heterocycles. The molecule has 7 rings (SSSR count). The zero-order chi connectivity index (χ0) is 21.0. The molecule has 164 valence electrons. The number of rotatable bonds is 5. The zero-order valence-electron chi connectivity index (χ0n) is 17.9. The van der Waals surface area contributed by atoms with Crippen molar-refractivity contribution < 1.29 is 9.84 Å². The van der Waals surface area contributed by atoms with Gasteiger partial charge in [-0.15, -0.1) is 0 Å². The second kappa shape index (κ2) is 7.31. The number of H-pyrrole nitrogens is 1. The minimum absolute atomic E-state index is 0.330. The van der Waals surface area contributed by atoms with E-state index in [-0.39, 0.29) is 0 Å². The maximum atomic E-state index is 10.9. The first-order valence-corrected chi connectivity index (χ1v) is 11.5. The third kappa shape index (κ3) is 3.72. The van der Waals surface area contributed by atoms with Crippen LogP contribution in [0.1, 0.15) is 49.9 Å². The summed E-state index contributed by atoms with van der Waals surface area (Å²) in [6.07, 6.45) is 8.16. The van der Waals surface area contributed by atoms with Gasteiger partial charge in [0, 0.05) is 23.9 Å². The lowest BCUT2D eigenvalue weighted by Gasteiger charge is -2.58. The number of aryl methyl sites for hydroxylation is 1. The SMILES string of the molecule is Cc1cc(Nc2cc(C3=CCOCC3)nc(NC3C4CC5CC3CC(O)(C5)C4)n2)n[nH]1. The largest absolute Gasteiger partial charge is 0.390 e. The van der Waals surface area contributed by atoms with E-state index < -0.39 is 5.60 Å². The number of aliphatic hydroxyl groups is 1. The lowest BCUT2D eigenvalue weighted by molar-refractivity contribution is -0.129. The van der Waals surface area contributed by atoms with Crippen LogP contribution in [-0.2, 0) is 4.74 Å². The topological polar surface area (TPSA) is 108 Å². The van der Waals surface area contributed by atoms with Crippen LogP contribution in [0.3, 0.4) is 0 Å². The Morgan fingerprint density at radius 1 is 1.13 bits per heavy atom. The molecule has 0 amide bonds. The van der Waals surface area contributed by atoms with Crippen LogP contribution >= 0.6 is 0 Å². The lowest BCUT2D eigenvalue weighted by Crippen LogP contribution is -2.59. The smallest absolute Gasteiger partial charge is 0.225 e. The third-order valence-electron chi connectivity index (χ3n) is 7.52. The van der Waals surface area contributed by atoms with E-state index in [2.05, 4.69) is 26.9 Å². The van der Waals surface area contributed by atoms with Gasteiger partial charge < -0.3 is 20.5 Å². The van der Waals surface area contributed by atoms with Gasteiger partial charge in [-0.25, -0.2) is 4.98 Å². The van der Waals surface area contributed by atoms with Crippen molar-refractivity contribution in [2.75, 3.05) is 23.8 Å². The van der Waals surface area contributed by atoms with E-state index in [4.69, 9.17) is 14.7 Å². The molecule has 5 aliphatic rings. The quantitative estimate of drug-likeness (QED) is 0.585. The Kier molecular flexibility index (Phi) is 4.54. The Labute approximate surface area is 181 Å². The van der Waals surface area contributed by atoms with Crippen molar-refractivity contribution in [3.8, 4) is 0 Å². The van der Waals surface area contributed by atoms with Crippen molar-refractivity contribution in [1.29, 1.82) is 0 Å². The number of aromatic nitrogens is 4. The molecule has 3 heterocycles. The Morgan fingerprint density at radius 2 is 1.97 bits per heavy atom. The molecule has 4 saturated carbocycles. The van der Waals surface area contributed by atoms with Crippen LogP contribution in [0, 0.1) is 24.7 Å². The summed E-state index contributed by atoms with van der Waals surface area (Å²) in [6, 6.07) is 4.28. The molecule has 2 unspecified atom stereocenters. The normalized spacial score (nSPS) is 33.9. The van der Waals surface area contributed by atoms with E-state index in [0.29, 0.717) is 43.0 Å². The van der Waals surface area contributed by atoms with Crippen LogP contribution < -0.4 is 10.6 Å². The van der Waals surface area contributed by atoms with Crippen LogP contribution in [0.2, 0.25) is 0 Å². The molecular weight excluding hydrogens is 392 g/mol. The fourth-order valence-electron chi connectivity index (χ4n) is 6.48. The number of hydrogen-bond donors (Lipinski definition) is 4. The summed E-state index contributed by atoms with van der Waals surface area (Å²) < 4.78 is 5.49. The number of nitrogens with one attached hydrogen (secondary N) is 3. The summed E-state index contributed by atoms with van der Waals surface area (Å²) in [5, 5.41) is 25.2. The molecular formula is C23H30N6O2. The van der Waals surface area contributed by atoms with Gasteiger partial charge in [0.05, 0.1) is 24.5 Å². The van der Waals surface area contributed by atoms with Crippen molar-refractivity contribution in [2.45, 2.75) is 57.1 Å². The second-order valence-electron chi connectivity index (χ2n) is 9.94. The van der Waals surface area contributed by atoms with Crippen molar-refractivity contribution in [2.24, 2.45) is 17.8 Å². The molecule has 31 heavy (non-hydrogen) atoms. The molecule has 2 aromatic heterocycles. The van der Waals surface area contributed by atoms with E-state index in [1.165, 1.54) is 18.4 Å². The molecule has 4 N–H and O–H groups in total. The highest BCUT2D eigenvalue weighted by Gasteiger charge is 2.54. The first kappa shape index (κ1) is 19.3. The van der Waals surface area contributed by atoms with Crippen LogP contribution in [-0.4, -0.2) is 50.1 Å². The van der Waals surface area contributed by atoms with Crippen molar-refractivity contribution in [3.05, 3.63) is 29.6 Å². The summed E-state index contributed by atoms with van der Waals surface area (Å²) >= 11 is 0. The second-order valence-corrected chi connectivity index (χ2v) is 9.94. The number of aromatic amines is 1. The van der Waals surface area contributed by atoms with Gasteiger partial charge in [-0.05, 0) is 68.8 Å². The van der Waals surface area contributed by atoms with E-state index in [1.807, 2.05) is 19.1 Å². The molecule has 8 nitrogen and oxygen atoms in total. The standard InChI is InChI=1S/C23H30N6O2/c1-13-6-20(29-28-13)25-19-9-18(15-2-4-31-5-3-15)24-22(26-19)27-21-16-7-14-8-17(21)12-23(30,10-14)11-16/h2,6,9,14,16-17,21,30H,3-5,7-8,10-12H2,1H3,(H3,24,25,26,27,28,29). The number of ether oxygens (including phenoxy) is 1. The van der Waals surface area contributed by atoms with Gasteiger partial charge in [-0.2, -0.15) is 10.1 Å². The van der Waals surface area contributed by atoms with Gasteiger partial charge in [-0.3, -0.25) is 5.10 Å². The van der Waals surface area contributed by atoms with Gasteiger partial charge in [0.15, 0.2) is 5.82 Å². The minimum Gasteiger partial charge on any atom is -0.390 e. The van der Waals surface area contributed by atoms with Gasteiger partial charge in [-0.1, -0.05) is 6.08 Å². The lowest BCUT2D eigenvalue weighted by atomic mass is 9.52. The fraction of sp³-hybridized carbons (Fsp3) is 0.609. The number of anilines is 3. The Hall–Kier alpha value is -2.45. The maximum absolute atomic E-state index is 10.9. The van der Waals surface area contributed by atoms with E-state index in [9.17, 15) is 5.11 Å². The van der Waals surface area contributed by atoms with Crippen LogP contribution in [0.5, 0.6) is 0 Å². The average Bonchev–Trinajstić information content (AvgIpc) is 3.14. The highest BCUT2D eigenvalue weighted by molar-refractivity contribution is 5.68. The summed E-state index contributed by atoms with van der Waals surface area (Å²) in [5.74, 6) is 3.80. The first-order valence-electron chi connectivity index (χ1n) is 11.5. The summed E-state index contributed by atoms with van der Waals surface area (Å²) in [4.78, 5) is 9.69. The van der Waals surface area contributed by atoms with Gasteiger partial charge in [0.25, 0.3) is 0 Å². The highest BCUT2D eigenvalue weighted by atomic mass is 16.5. The molecule has 0 spiro atoms. The Balaban J connectivity index is 1.30. The predicted molar refractivity (Wildman–Crippen MR) is 118 cm³/mol. The van der Waals surface area contributed by atoms with Crippen LogP contribution in [0.25, 0.3) is 5.57 Å². The Bertz CT molecular complexity index is 1000. The van der Waals surface area contributed by atoms with Gasteiger partial charge >= 0.3 is 0 Å². The maximum Gasteiger partial charge on any atom is 0.225 e. The van der Waals surface area contributed by atoms with Crippen molar-refractivity contribution in [3.63, 3.8) is 0 Å². The monoisotopic (exact) mass is 422 g/mol. The van der Waals surface area contributed by atoms with Crippen LogP contribution in [0.15, 0.2) is 18.2 Å². The summed E-state index contributed by atoms with van der Waals surface area (Å²) in [5.41, 5.74) is 2.68. The van der Waals surface area contributed by atoms with E-state index in [1.54, 1.807) is 0 Å². The van der Waals surface area contributed by atoms with Crippen molar-refractivity contribution in [1.82, 2.24) is 20.2 Å². The molecule has 4 bridgehead atoms. The molecule has 2 atom stereocenters. The molecule has 8 heteroatoms. The molecule has 4 aliphatic carbocycles. The number of hydrogen-bond acceptors (Lipinski definition) is 7. The van der Waals surface area contributed by atoms with E-state index in [0.717, 1.165) is 48.7 Å². The van der Waals surface area contributed by atoms with Gasteiger partial charge in [0.2, 0.25) is 5.95 Å². The van der Waals surface area contributed by atoms with E-state index >= 15 is 0 Å². The molecule has 0 radical (unpaired) electrons. The molecule has 2 aromatic rings. The fourth-order valence-corrected chi connectivity index (χ4v) is 6.48. The first-order chi connectivity index (χ1) is 15.0. The summed E-state index contributed by atoms with van der Waals surface area (Å²) in [6.45, 7) is 3.31. The minimum atomic E-state index is -0.436. The zero-order valence-corrected chi connectivity index (χ0v) is 17.9. The summed E-state index contributed by atoms with van der Waals surface area (Å²) in [7, 11) is 0. The van der Waals surface area contributed by atoms with Gasteiger partial charge in [0.1, 0.15) is 5.82 Å². The average molecular weight is 423 g/mol.